The van der Waals surface area contributed by atoms with E-state index >= 15 is 0 Å². The maximum absolute atomic E-state index is 12.9. The minimum Gasteiger partial charge on any atom is -0.494 e. The fourth-order valence-electron chi connectivity index (χ4n) is 2.87. The van der Waals surface area contributed by atoms with Gasteiger partial charge in [0.1, 0.15) is 17.3 Å². The number of pyridine rings is 1. The Labute approximate surface area is 173 Å². The van der Waals surface area contributed by atoms with Gasteiger partial charge in [-0.1, -0.05) is 11.6 Å². The number of aryl methyl sites for hydroxylation is 2. The average Bonchev–Trinajstić information content (AvgIpc) is 3.04. The second kappa shape index (κ2) is 9.05. The highest BCUT2D eigenvalue weighted by Crippen LogP contribution is 2.19. The number of nitrogens with zero attached hydrogens (tertiary/aromatic N) is 4. The topological polar surface area (TPSA) is 60.2 Å². The zero-order valence-corrected chi connectivity index (χ0v) is 17.3. The highest BCUT2D eigenvalue weighted by atomic mass is 35.5. The van der Waals surface area contributed by atoms with Crippen molar-refractivity contribution in [2.24, 2.45) is 0 Å². The summed E-state index contributed by atoms with van der Waals surface area (Å²) in [5.41, 5.74) is 1.96. The second-order valence-corrected chi connectivity index (χ2v) is 7.13. The Morgan fingerprint density at radius 1 is 1.21 bits per heavy atom. The Morgan fingerprint density at radius 3 is 2.59 bits per heavy atom. The maximum atomic E-state index is 12.9. The van der Waals surface area contributed by atoms with Gasteiger partial charge in [0.25, 0.3) is 5.91 Å². The summed E-state index contributed by atoms with van der Waals surface area (Å²) in [4.78, 5) is 18.8. The fraction of sp³-hybridized carbons (Fsp3) is 0.286. The van der Waals surface area contributed by atoms with E-state index in [1.165, 1.54) is 12.1 Å². The number of carbonyl (C=O) groups is 1. The van der Waals surface area contributed by atoms with Crippen LogP contribution in [0.5, 0.6) is 5.75 Å². The molecule has 0 aliphatic rings. The normalized spacial score (nSPS) is 10.8. The van der Waals surface area contributed by atoms with Gasteiger partial charge in [-0.15, -0.1) is 0 Å². The van der Waals surface area contributed by atoms with E-state index in [4.69, 9.17) is 16.3 Å². The van der Waals surface area contributed by atoms with Gasteiger partial charge in [-0.2, -0.15) is 5.10 Å². The van der Waals surface area contributed by atoms with Gasteiger partial charge in [-0.3, -0.25) is 4.79 Å². The summed E-state index contributed by atoms with van der Waals surface area (Å²) in [5.74, 6) is 0.536. The molecule has 3 rings (SSSR count). The van der Waals surface area contributed by atoms with E-state index in [1.807, 2.05) is 19.9 Å². The number of rotatable bonds is 7. The van der Waals surface area contributed by atoms with E-state index in [2.05, 4.69) is 10.1 Å². The van der Waals surface area contributed by atoms with Gasteiger partial charge in [0, 0.05) is 19.3 Å². The van der Waals surface area contributed by atoms with Crippen molar-refractivity contribution >= 4 is 17.5 Å². The van der Waals surface area contributed by atoms with Crippen molar-refractivity contribution in [3.63, 3.8) is 0 Å². The Bertz CT molecular complexity index is 1000. The van der Waals surface area contributed by atoms with Crippen LogP contribution in [0.3, 0.4) is 0 Å². The molecular weight excluding hydrogens is 395 g/mol. The molecule has 0 radical (unpaired) electrons. The van der Waals surface area contributed by atoms with Crippen LogP contribution in [-0.4, -0.2) is 45.8 Å². The van der Waals surface area contributed by atoms with E-state index in [9.17, 15) is 9.18 Å². The Kier molecular flexibility index (Phi) is 6.49. The first kappa shape index (κ1) is 20.8. The van der Waals surface area contributed by atoms with Crippen LogP contribution >= 0.6 is 11.6 Å². The molecule has 0 atom stereocenters. The van der Waals surface area contributed by atoms with Crippen molar-refractivity contribution in [3.8, 4) is 11.6 Å². The first-order valence-corrected chi connectivity index (χ1v) is 9.57. The zero-order chi connectivity index (χ0) is 21.0. The van der Waals surface area contributed by atoms with Crippen LogP contribution < -0.4 is 4.74 Å². The van der Waals surface area contributed by atoms with Gasteiger partial charge in [-0.05, 0) is 62.7 Å². The summed E-state index contributed by atoms with van der Waals surface area (Å²) in [6.45, 7) is 4.68. The summed E-state index contributed by atoms with van der Waals surface area (Å²) in [6, 6.07) is 11.1. The number of hydrogen-bond acceptors (Lipinski definition) is 4. The standard InChI is InChI=1S/C21H22ClFN4O2/c1-14-13-15(2)27(25-14)19-10-9-18(22)20(24-19)21(28)26(3)11-4-12-29-17-7-5-16(23)6-8-17/h5-10,13H,4,11-12H2,1-3H3. The number of ether oxygens (including phenoxy) is 1. The summed E-state index contributed by atoms with van der Waals surface area (Å²) < 4.78 is 20.1. The van der Waals surface area contributed by atoms with Crippen molar-refractivity contribution in [1.29, 1.82) is 0 Å². The lowest BCUT2D eigenvalue weighted by Crippen LogP contribution is -2.30. The number of benzene rings is 1. The molecule has 1 amide bonds. The van der Waals surface area contributed by atoms with Crippen LogP contribution in [0.1, 0.15) is 28.3 Å². The van der Waals surface area contributed by atoms with Crippen molar-refractivity contribution in [2.75, 3.05) is 20.2 Å². The number of carbonyl (C=O) groups excluding carboxylic acids is 1. The highest BCUT2D eigenvalue weighted by Gasteiger charge is 2.18. The van der Waals surface area contributed by atoms with Crippen molar-refractivity contribution in [3.05, 3.63) is 70.4 Å². The summed E-state index contributed by atoms with van der Waals surface area (Å²) >= 11 is 6.23. The number of hydrogen-bond donors (Lipinski definition) is 0. The van der Waals surface area contributed by atoms with Gasteiger partial charge in [0.2, 0.25) is 0 Å². The molecule has 0 bridgehead atoms. The molecule has 1 aromatic carbocycles. The first-order chi connectivity index (χ1) is 13.8. The molecule has 0 aliphatic heterocycles. The molecule has 0 aliphatic carbocycles. The molecule has 0 N–H and O–H groups in total. The fourth-order valence-corrected chi connectivity index (χ4v) is 3.05. The SMILES string of the molecule is Cc1cc(C)n(-c2ccc(Cl)c(C(=O)N(C)CCCOc3ccc(F)cc3)n2)n1. The lowest BCUT2D eigenvalue weighted by Gasteiger charge is -2.18. The van der Waals surface area contributed by atoms with Crippen LogP contribution in [0.4, 0.5) is 4.39 Å². The largest absolute Gasteiger partial charge is 0.494 e. The van der Waals surface area contributed by atoms with Crippen LogP contribution in [-0.2, 0) is 0 Å². The quantitative estimate of drug-likeness (QED) is 0.541. The van der Waals surface area contributed by atoms with E-state index in [0.717, 1.165) is 11.4 Å². The Morgan fingerprint density at radius 2 is 1.93 bits per heavy atom. The molecule has 6 nitrogen and oxygen atoms in total. The van der Waals surface area contributed by atoms with Crippen molar-refractivity contribution in [1.82, 2.24) is 19.7 Å². The third-order valence-corrected chi connectivity index (χ3v) is 4.63. The molecule has 2 aromatic heterocycles. The van der Waals surface area contributed by atoms with Gasteiger partial charge in [0.15, 0.2) is 5.82 Å². The molecule has 2 heterocycles. The van der Waals surface area contributed by atoms with Crippen LogP contribution in [0.15, 0.2) is 42.5 Å². The molecule has 29 heavy (non-hydrogen) atoms. The summed E-state index contributed by atoms with van der Waals surface area (Å²) in [6.07, 6.45) is 0.606. The van der Waals surface area contributed by atoms with Crippen LogP contribution in [0, 0.1) is 19.7 Å². The highest BCUT2D eigenvalue weighted by molar-refractivity contribution is 6.33. The lowest BCUT2D eigenvalue weighted by molar-refractivity contribution is 0.0782. The van der Waals surface area contributed by atoms with Crippen molar-refractivity contribution in [2.45, 2.75) is 20.3 Å². The third-order valence-electron chi connectivity index (χ3n) is 4.33. The number of aromatic nitrogens is 3. The predicted molar refractivity (Wildman–Crippen MR) is 109 cm³/mol. The molecule has 8 heteroatoms. The summed E-state index contributed by atoms with van der Waals surface area (Å²) in [7, 11) is 1.69. The maximum Gasteiger partial charge on any atom is 0.273 e. The lowest BCUT2D eigenvalue weighted by atomic mass is 10.3. The van der Waals surface area contributed by atoms with E-state index in [-0.39, 0.29) is 22.4 Å². The molecule has 0 fully saturated rings. The number of halogens is 2. The van der Waals surface area contributed by atoms with Crippen LogP contribution in [0.2, 0.25) is 5.02 Å². The Hall–Kier alpha value is -2.93. The predicted octanol–water partition coefficient (Wildman–Crippen LogP) is 4.22. The molecular formula is C21H22ClFN4O2. The molecule has 3 aromatic rings. The van der Waals surface area contributed by atoms with Crippen LogP contribution in [0.25, 0.3) is 5.82 Å². The molecule has 0 saturated heterocycles. The third kappa shape index (κ3) is 5.12. The van der Waals surface area contributed by atoms with Gasteiger partial charge >= 0.3 is 0 Å². The Balaban J connectivity index is 1.62. The number of amides is 1. The molecule has 152 valence electrons. The van der Waals surface area contributed by atoms with Crippen molar-refractivity contribution < 1.29 is 13.9 Å². The minimum absolute atomic E-state index is 0.179. The van der Waals surface area contributed by atoms with E-state index in [0.29, 0.717) is 31.1 Å². The van der Waals surface area contributed by atoms with Gasteiger partial charge in [0.05, 0.1) is 17.3 Å². The first-order valence-electron chi connectivity index (χ1n) is 9.19. The minimum atomic E-state index is -0.310. The second-order valence-electron chi connectivity index (χ2n) is 6.72. The van der Waals surface area contributed by atoms with Gasteiger partial charge in [-0.25, -0.2) is 14.1 Å². The monoisotopic (exact) mass is 416 g/mol. The smallest absolute Gasteiger partial charge is 0.273 e. The molecule has 0 spiro atoms. The van der Waals surface area contributed by atoms with E-state index < -0.39 is 0 Å². The summed E-state index contributed by atoms with van der Waals surface area (Å²) in [5, 5.41) is 4.68. The molecule has 0 saturated carbocycles. The average molecular weight is 417 g/mol. The van der Waals surface area contributed by atoms with E-state index in [1.54, 1.807) is 40.9 Å². The molecule has 0 unspecified atom stereocenters. The zero-order valence-electron chi connectivity index (χ0n) is 16.5. The van der Waals surface area contributed by atoms with Gasteiger partial charge < -0.3 is 9.64 Å².